The molecular weight excluding hydrogens is 212 g/mol. The fourth-order valence-electron chi connectivity index (χ4n) is 1.34. The predicted molar refractivity (Wildman–Crippen MR) is 73.8 cm³/mol. The Morgan fingerprint density at radius 2 is 1.88 bits per heavy atom. The quantitative estimate of drug-likeness (QED) is 0.872. The molecule has 0 bridgehead atoms. The van der Waals surface area contributed by atoms with E-state index in [-0.39, 0.29) is 5.41 Å². The first kappa shape index (κ1) is 13.7. The molecule has 0 aliphatic carbocycles. The summed E-state index contributed by atoms with van der Waals surface area (Å²) in [4.78, 5) is 11.2. The van der Waals surface area contributed by atoms with Gasteiger partial charge in [-0.3, -0.25) is 0 Å². The average Bonchev–Trinajstić information content (AvgIpc) is 2.24. The monoisotopic (exact) mass is 236 g/mol. The summed E-state index contributed by atoms with van der Waals surface area (Å²) in [6.07, 6.45) is 1.09. The molecule has 0 aliphatic rings. The Balaban J connectivity index is 3.10. The molecule has 17 heavy (non-hydrogen) atoms. The molecule has 0 spiro atoms. The van der Waals surface area contributed by atoms with Crippen LogP contribution < -0.4 is 10.2 Å². The second-order valence-corrected chi connectivity index (χ2v) is 5.51. The highest BCUT2D eigenvalue weighted by molar-refractivity contribution is 5.49. The van der Waals surface area contributed by atoms with Gasteiger partial charge in [0.15, 0.2) is 0 Å². The maximum absolute atomic E-state index is 4.59. The zero-order valence-corrected chi connectivity index (χ0v) is 11.8. The molecule has 0 atom stereocenters. The van der Waals surface area contributed by atoms with Crippen LogP contribution in [-0.4, -0.2) is 30.6 Å². The van der Waals surface area contributed by atoms with Crippen LogP contribution in [0, 0.1) is 0 Å². The van der Waals surface area contributed by atoms with Crippen LogP contribution in [0.1, 0.15) is 39.9 Å². The Hall–Kier alpha value is -1.32. The lowest BCUT2D eigenvalue weighted by Gasteiger charge is -2.21. The van der Waals surface area contributed by atoms with E-state index < -0.39 is 0 Å². The van der Waals surface area contributed by atoms with Crippen molar-refractivity contribution in [2.24, 2.45) is 0 Å². The third-order valence-corrected chi connectivity index (χ3v) is 2.40. The van der Waals surface area contributed by atoms with E-state index in [1.807, 2.05) is 25.1 Å². The van der Waals surface area contributed by atoms with Crippen LogP contribution >= 0.6 is 0 Å². The lowest BCUT2D eigenvalue weighted by Crippen LogP contribution is -2.21. The van der Waals surface area contributed by atoms with Crippen molar-refractivity contribution in [3.8, 4) is 0 Å². The lowest BCUT2D eigenvalue weighted by molar-refractivity contribution is 0.545. The highest BCUT2D eigenvalue weighted by atomic mass is 15.2. The zero-order chi connectivity index (χ0) is 13.1. The van der Waals surface area contributed by atoms with Crippen molar-refractivity contribution >= 4 is 11.6 Å². The van der Waals surface area contributed by atoms with Gasteiger partial charge in [0.25, 0.3) is 0 Å². The highest BCUT2D eigenvalue weighted by Crippen LogP contribution is 2.23. The Morgan fingerprint density at radius 3 is 2.35 bits per heavy atom. The molecule has 0 aliphatic heterocycles. The van der Waals surface area contributed by atoms with Gasteiger partial charge in [-0.1, -0.05) is 27.7 Å². The van der Waals surface area contributed by atoms with Crippen molar-refractivity contribution in [1.82, 2.24) is 9.97 Å². The van der Waals surface area contributed by atoms with Gasteiger partial charge in [0.2, 0.25) is 0 Å². The molecular formula is C13H24N4. The third-order valence-electron chi connectivity index (χ3n) is 2.40. The summed E-state index contributed by atoms with van der Waals surface area (Å²) < 4.78 is 0. The minimum atomic E-state index is -0.0331. The van der Waals surface area contributed by atoms with Gasteiger partial charge in [-0.2, -0.15) is 0 Å². The van der Waals surface area contributed by atoms with Crippen LogP contribution in [0.5, 0.6) is 0 Å². The number of hydrogen-bond acceptors (Lipinski definition) is 4. The van der Waals surface area contributed by atoms with Crippen LogP contribution in [-0.2, 0) is 5.41 Å². The number of hydrogen-bond donors (Lipinski definition) is 1. The summed E-state index contributed by atoms with van der Waals surface area (Å²) in [5.74, 6) is 2.74. The van der Waals surface area contributed by atoms with E-state index in [2.05, 4.69) is 43.0 Å². The standard InChI is InChI=1S/C13H24N4/c1-7-8-14-10-9-11(17(5)6)16-12(15-10)13(2,3)4/h9H,7-8H2,1-6H3,(H,14,15,16). The summed E-state index contributed by atoms with van der Waals surface area (Å²) in [7, 11) is 4.00. The third kappa shape index (κ3) is 3.88. The van der Waals surface area contributed by atoms with Gasteiger partial charge in [-0.25, -0.2) is 9.97 Å². The topological polar surface area (TPSA) is 41.0 Å². The second kappa shape index (κ2) is 5.34. The number of anilines is 2. The van der Waals surface area contributed by atoms with Crippen molar-refractivity contribution in [3.63, 3.8) is 0 Å². The van der Waals surface area contributed by atoms with Gasteiger partial charge in [-0.15, -0.1) is 0 Å². The normalized spacial score (nSPS) is 11.4. The van der Waals surface area contributed by atoms with Crippen molar-refractivity contribution in [2.75, 3.05) is 30.9 Å². The van der Waals surface area contributed by atoms with Crippen molar-refractivity contribution < 1.29 is 0 Å². The summed E-state index contributed by atoms with van der Waals surface area (Å²) in [6.45, 7) is 9.47. The van der Waals surface area contributed by atoms with Crippen LogP contribution in [0.15, 0.2) is 6.07 Å². The molecule has 96 valence electrons. The first-order valence-corrected chi connectivity index (χ1v) is 6.15. The van der Waals surface area contributed by atoms with E-state index in [0.717, 1.165) is 30.4 Å². The van der Waals surface area contributed by atoms with E-state index in [0.29, 0.717) is 0 Å². The molecule has 0 unspecified atom stereocenters. The fraction of sp³-hybridized carbons (Fsp3) is 0.692. The van der Waals surface area contributed by atoms with Gasteiger partial charge in [-0.05, 0) is 6.42 Å². The molecule has 0 saturated heterocycles. The molecule has 1 aromatic rings. The minimum Gasteiger partial charge on any atom is -0.370 e. The second-order valence-electron chi connectivity index (χ2n) is 5.51. The van der Waals surface area contributed by atoms with Crippen LogP contribution in [0.2, 0.25) is 0 Å². The molecule has 1 aromatic heterocycles. The molecule has 0 radical (unpaired) electrons. The molecule has 4 heteroatoms. The number of nitrogens with one attached hydrogen (secondary N) is 1. The molecule has 4 nitrogen and oxygen atoms in total. The summed E-state index contributed by atoms with van der Waals surface area (Å²) in [6, 6.07) is 1.99. The van der Waals surface area contributed by atoms with Crippen molar-refractivity contribution in [3.05, 3.63) is 11.9 Å². The van der Waals surface area contributed by atoms with Gasteiger partial charge in [0.05, 0.1) is 0 Å². The van der Waals surface area contributed by atoms with E-state index in [1.54, 1.807) is 0 Å². The number of aromatic nitrogens is 2. The van der Waals surface area contributed by atoms with Crippen molar-refractivity contribution in [1.29, 1.82) is 0 Å². The number of rotatable bonds is 4. The van der Waals surface area contributed by atoms with Crippen molar-refractivity contribution in [2.45, 2.75) is 39.5 Å². The smallest absolute Gasteiger partial charge is 0.138 e. The van der Waals surface area contributed by atoms with E-state index in [1.165, 1.54) is 0 Å². The molecule has 0 fully saturated rings. The van der Waals surface area contributed by atoms with Gasteiger partial charge in [0.1, 0.15) is 17.5 Å². The lowest BCUT2D eigenvalue weighted by atomic mass is 9.96. The van der Waals surface area contributed by atoms with Gasteiger partial charge in [0, 0.05) is 32.1 Å². The van der Waals surface area contributed by atoms with E-state index >= 15 is 0 Å². The Kier molecular flexibility index (Phi) is 4.32. The highest BCUT2D eigenvalue weighted by Gasteiger charge is 2.19. The molecule has 1 rings (SSSR count). The molecule has 0 amide bonds. The van der Waals surface area contributed by atoms with Gasteiger partial charge >= 0.3 is 0 Å². The minimum absolute atomic E-state index is 0.0331. The van der Waals surface area contributed by atoms with E-state index in [9.17, 15) is 0 Å². The summed E-state index contributed by atoms with van der Waals surface area (Å²) in [5, 5.41) is 3.32. The Bertz CT molecular complexity index is 366. The predicted octanol–water partition coefficient (Wildman–Crippen LogP) is 2.66. The van der Waals surface area contributed by atoms with Crippen LogP contribution in [0.3, 0.4) is 0 Å². The maximum Gasteiger partial charge on any atom is 0.138 e. The molecule has 0 aromatic carbocycles. The molecule has 0 saturated carbocycles. The summed E-state index contributed by atoms with van der Waals surface area (Å²) >= 11 is 0. The SMILES string of the molecule is CCCNc1cc(N(C)C)nc(C(C)(C)C)n1. The van der Waals surface area contributed by atoms with Crippen LogP contribution in [0.4, 0.5) is 11.6 Å². The Morgan fingerprint density at radius 1 is 1.24 bits per heavy atom. The molecule has 1 N–H and O–H groups in total. The fourth-order valence-corrected chi connectivity index (χ4v) is 1.34. The molecule has 1 heterocycles. The van der Waals surface area contributed by atoms with Crippen LogP contribution in [0.25, 0.3) is 0 Å². The van der Waals surface area contributed by atoms with E-state index in [4.69, 9.17) is 0 Å². The first-order chi connectivity index (χ1) is 7.84. The first-order valence-electron chi connectivity index (χ1n) is 6.15. The summed E-state index contributed by atoms with van der Waals surface area (Å²) in [5.41, 5.74) is -0.0331. The Labute approximate surface area is 104 Å². The maximum atomic E-state index is 4.59. The average molecular weight is 236 g/mol. The largest absolute Gasteiger partial charge is 0.370 e. The zero-order valence-electron chi connectivity index (χ0n) is 11.8. The van der Waals surface area contributed by atoms with Gasteiger partial charge < -0.3 is 10.2 Å². The number of nitrogens with zero attached hydrogens (tertiary/aromatic N) is 3.